The fourth-order valence-corrected chi connectivity index (χ4v) is 5.59. The van der Waals surface area contributed by atoms with Gasteiger partial charge in [-0.2, -0.15) is 0 Å². The number of carbonyl (C=O) groups excluding carboxylic acids is 2. The van der Waals surface area contributed by atoms with Crippen LogP contribution < -0.4 is 0 Å². The number of carbonyl (C=O) groups is 2. The molecule has 0 aliphatic heterocycles. The van der Waals surface area contributed by atoms with E-state index in [-0.39, 0.29) is 11.6 Å². The Morgan fingerprint density at radius 2 is 1.80 bits per heavy atom. The Bertz CT molecular complexity index is 542. The highest BCUT2D eigenvalue weighted by molar-refractivity contribution is 8.15. The second-order valence-electron chi connectivity index (χ2n) is 4.39. The predicted octanol–water partition coefficient (Wildman–Crippen LogP) is 1.24. The largest absolute Gasteiger partial charge is 0.573 e. The summed E-state index contributed by atoms with van der Waals surface area (Å²) < 4.78 is 24.9. The van der Waals surface area contributed by atoms with Crippen molar-refractivity contribution < 1.29 is 28.0 Å². The van der Waals surface area contributed by atoms with Gasteiger partial charge in [0.05, 0.1) is 13.6 Å². The van der Waals surface area contributed by atoms with Crippen molar-refractivity contribution in [2.45, 2.75) is 6.92 Å². The fourth-order valence-electron chi connectivity index (χ4n) is 1.32. The van der Waals surface area contributed by atoms with Crippen molar-refractivity contribution in [2.24, 2.45) is 5.16 Å². The summed E-state index contributed by atoms with van der Waals surface area (Å²) in [5.74, 6) is -0.423. The zero-order valence-electron chi connectivity index (χ0n) is 15.1. The summed E-state index contributed by atoms with van der Waals surface area (Å²) in [7, 11) is 7.00. The van der Waals surface area contributed by atoms with Crippen molar-refractivity contribution in [2.75, 3.05) is 48.2 Å². The Labute approximate surface area is 160 Å². The number of hydrogen-bond donors (Lipinski definition) is 0. The van der Waals surface area contributed by atoms with Crippen LogP contribution in [0.15, 0.2) is 5.16 Å². The van der Waals surface area contributed by atoms with E-state index in [4.69, 9.17) is 25.7 Å². The second kappa shape index (κ2) is 11.3. The van der Waals surface area contributed by atoms with Gasteiger partial charge in [0.15, 0.2) is 11.5 Å². The van der Waals surface area contributed by atoms with Gasteiger partial charge in [0.25, 0.3) is 5.91 Å². The molecule has 25 heavy (non-hydrogen) atoms. The molecular weight excluding hydrogens is 411 g/mol. The molecule has 1 unspecified atom stereocenters. The normalized spacial score (nSPS) is 13.6. The Hall–Kier alpha value is -0.400. The number of amides is 2. The number of oxime groups is 1. The molecule has 0 aromatic rings. The maximum atomic E-state index is 12.6. The molecule has 0 spiro atoms. The quantitative estimate of drug-likeness (QED) is 0.146. The van der Waals surface area contributed by atoms with Gasteiger partial charge in [-0.25, -0.2) is 4.79 Å². The van der Waals surface area contributed by atoms with Crippen LogP contribution in [0.25, 0.3) is 0 Å². The van der Waals surface area contributed by atoms with Crippen molar-refractivity contribution >= 4 is 58.8 Å². The molecule has 2 amide bonds. The molecule has 0 bridgehead atoms. The summed E-state index contributed by atoms with van der Waals surface area (Å²) in [6, 6.07) is 0. The van der Waals surface area contributed by atoms with E-state index in [9.17, 15) is 14.1 Å². The minimum Gasteiger partial charge on any atom is -0.573 e. The number of thioether (sulfide) groups is 1. The highest BCUT2D eigenvalue weighted by atomic mass is 32.5. The van der Waals surface area contributed by atoms with Crippen LogP contribution >= 0.6 is 18.4 Å². The number of hydrogen-bond acceptors (Lipinski definition) is 9. The smallest absolute Gasteiger partial charge is 0.479 e. The molecule has 0 rings (SSSR count). The SMILES string of the molecule is CCN([S+]([O-])N(C)C(=O)O/N=C(\SC)C(=O)N(C)C)P(=S)(OC)OC. The maximum absolute atomic E-state index is 12.6. The van der Waals surface area contributed by atoms with Gasteiger partial charge >= 0.3 is 12.7 Å². The van der Waals surface area contributed by atoms with Crippen molar-refractivity contribution in [1.29, 1.82) is 0 Å². The molecule has 10 nitrogen and oxygen atoms in total. The molecule has 0 aliphatic rings. The molecule has 0 heterocycles. The molecular formula is C11H23N4O6PS3. The maximum Gasteiger partial charge on any atom is 0.479 e. The highest BCUT2D eigenvalue weighted by Crippen LogP contribution is 2.52. The van der Waals surface area contributed by atoms with E-state index in [1.165, 1.54) is 30.2 Å². The number of rotatable bonds is 7. The lowest BCUT2D eigenvalue weighted by Gasteiger charge is -2.31. The van der Waals surface area contributed by atoms with Crippen LogP contribution in [-0.4, -0.2) is 83.0 Å². The summed E-state index contributed by atoms with van der Waals surface area (Å²) >= 11 is 4.23. The van der Waals surface area contributed by atoms with E-state index in [0.29, 0.717) is 0 Å². The second-order valence-corrected chi connectivity index (χ2v) is 10.4. The summed E-state index contributed by atoms with van der Waals surface area (Å²) in [5, 5.41) is 3.49. The third kappa shape index (κ3) is 6.68. The molecule has 1 atom stereocenters. The molecule has 146 valence electrons. The van der Waals surface area contributed by atoms with E-state index < -0.39 is 30.2 Å². The summed E-state index contributed by atoms with van der Waals surface area (Å²) in [5.41, 5.74) is 0. The highest BCUT2D eigenvalue weighted by Gasteiger charge is 2.41. The minimum absolute atomic E-state index is 0.0243. The lowest BCUT2D eigenvalue weighted by Crippen LogP contribution is -2.43. The van der Waals surface area contributed by atoms with Gasteiger partial charge in [0.1, 0.15) is 0 Å². The zero-order valence-corrected chi connectivity index (χ0v) is 18.5. The molecule has 14 heteroatoms. The summed E-state index contributed by atoms with van der Waals surface area (Å²) in [6.45, 7) is -1.10. The van der Waals surface area contributed by atoms with E-state index in [1.807, 2.05) is 0 Å². The lowest BCUT2D eigenvalue weighted by molar-refractivity contribution is -0.121. The van der Waals surface area contributed by atoms with E-state index >= 15 is 0 Å². The van der Waals surface area contributed by atoms with Crippen LogP contribution in [0.1, 0.15) is 6.92 Å². The van der Waals surface area contributed by atoms with Gasteiger partial charge in [0, 0.05) is 28.3 Å². The standard InChI is InChI=1S/C11H23N4O6PS3/c1-8-15(22(23,19-5)20-6)25(18)14(4)11(17)21-12-9(24-7)10(16)13(2)3/h8H2,1-7H3/b12-9-. The van der Waals surface area contributed by atoms with E-state index in [0.717, 1.165) is 16.1 Å². The number of nitrogens with zero attached hydrogens (tertiary/aromatic N) is 4. The molecule has 0 aromatic carbocycles. The first-order chi connectivity index (χ1) is 11.6. The Kier molecular flexibility index (Phi) is 11.2. The zero-order chi connectivity index (χ0) is 19.8. The van der Waals surface area contributed by atoms with E-state index in [1.54, 1.807) is 27.3 Å². The van der Waals surface area contributed by atoms with Crippen molar-refractivity contribution in [1.82, 2.24) is 13.3 Å². The van der Waals surface area contributed by atoms with Gasteiger partial charge in [-0.05, 0) is 29.1 Å². The molecule has 0 aliphatic carbocycles. The van der Waals surface area contributed by atoms with Crippen LogP contribution in [0.5, 0.6) is 0 Å². The van der Waals surface area contributed by atoms with Gasteiger partial charge < -0.3 is 18.5 Å². The predicted molar refractivity (Wildman–Crippen MR) is 103 cm³/mol. The first kappa shape index (κ1) is 24.6. The summed E-state index contributed by atoms with van der Waals surface area (Å²) in [4.78, 5) is 29.9. The van der Waals surface area contributed by atoms with E-state index in [2.05, 4.69) is 5.16 Å². The third-order valence-electron chi connectivity index (χ3n) is 2.67. The Morgan fingerprint density at radius 1 is 1.28 bits per heavy atom. The molecule has 0 aromatic heterocycles. The minimum atomic E-state index is -3.00. The Morgan fingerprint density at radius 3 is 2.16 bits per heavy atom. The van der Waals surface area contributed by atoms with Crippen molar-refractivity contribution in [3.8, 4) is 0 Å². The van der Waals surface area contributed by atoms with Crippen LogP contribution in [-0.2, 0) is 42.0 Å². The first-order valence-electron chi connectivity index (χ1n) is 6.79. The molecule has 0 saturated heterocycles. The first-order valence-corrected chi connectivity index (χ1v) is 11.7. The van der Waals surface area contributed by atoms with Gasteiger partial charge in [-0.3, -0.25) is 9.63 Å². The van der Waals surface area contributed by atoms with Gasteiger partial charge in [-0.15, -0.1) is 16.1 Å². The van der Waals surface area contributed by atoms with Crippen LogP contribution in [0.3, 0.4) is 0 Å². The van der Waals surface area contributed by atoms with Crippen LogP contribution in [0.4, 0.5) is 4.79 Å². The fraction of sp³-hybridized carbons (Fsp3) is 0.727. The monoisotopic (exact) mass is 434 g/mol. The molecule has 0 radical (unpaired) electrons. The molecule has 0 fully saturated rings. The molecule has 0 N–H and O–H groups in total. The van der Waals surface area contributed by atoms with Gasteiger partial charge in [0.2, 0.25) is 5.04 Å². The van der Waals surface area contributed by atoms with Crippen molar-refractivity contribution in [3.05, 3.63) is 0 Å². The third-order valence-corrected chi connectivity index (χ3v) is 9.15. The van der Waals surface area contributed by atoms with Gasteiger partial charge in [-0.1, -0.05) is 5.16 Å². The van der Waals surface area contributed by atoms with Crippen molar-refractivity contribution in [3.63, 3.8) is 0 Å². The van der Waals surface area contributed by atoms with Crippen LogP contribution in [0, 0.1) is 0 Å². The topological polar surface area (TPSA) is 107 Å². The molecule has 0 saturated carbocycles. The average Bonchev–Trinajstić information content (AvgIpc) is 2.60. The van der Waals surface area contributed by atoms with Crippen LogP contribution in [0.2, 0.25) is 0 Å². The average molecular weight is 435 g/mol. The Balaban J connectivity index is 5.20. The lowest BCUT2D eigenvalue weighted by atomic mass is 10.6. The summed E-state index contributed by atoms with van der Waals surface area (Å²) in [6.07, 6.45) is 0.589.